The summed E-state index contributed by atoms with van der Waals surface area (Å²) >= 11 is 5.96. The Balaban J connectivity index is 0.00000338. The first-order chi connectivity index (χ1) is 12.1. The number of benzene rings is 1. The number of halogens is 2. The molecule has 0 radical (unpaired) electrons. The average molecular weight is 495 g/mol. The van der Waals surface area contributed by atoms with Crippen molar-refractivity contribution in [3.05, 3.63) is 34.9 Å². The molecule has 2 rings (SSSR count). The maximum atomic E-state index is 11.1. The smallest absolute Gasteiger partial charge is 0.217 e. The molecule has 1 aliphatic rings. The SMILES string of the molecule is CN=C(NCCOCc1cccc(Cl)c1)N1CCCC(CC(N)=O)C1.I. The molecule has 6 nitrogen and oxygen atoms in total. The van der Waals surface area contributed by atoms with Crippen molar-refractivity contribution >= 4 is 47.4 Å². The number of nitrogens with zero attached hydrogens (tertiary/aromatic N) is 2. The topological polar surface area (TPSA) is 80.0 Å². The molecule has 0 saturated carbocycles. The summed E-state index contributed by atoms with van der Waals surface area (Å²) in [6, 6.07) is 7.66. The molecule has 1 atom stereocenters. The summed E-state index contributed by atoms with van der Waals surface area (Å²) < 4.78 is 5.67. The van der Waals surface area contributed by atoms with Crippen LogP contribution in [-0.2, 0) is 16.1 Å². The zero-order valence-electron chi connectivity index (χ0n) is 15.1. The number of piperidine rings is 1. The standard InChI is InChI=1S/C18H27ClN4O2.HI/c1-21-18(23-8-3-5-14(12-23)11-17(20)24)22-7-9-25-13-15-4-2-6-16(19)10-15;/h2,4,6,10,14H,3,5,7-9,11-13H2,1H3,(H2,20,24)(H,21,22);1H. The number of primary amides is 1. The second-order valence-electron chi connectivity index (χ2n) is 6.28. The molecule has 1 aromatic carbocycles. The lowest BCUT2D eigenvalue weighted by Crippen LogP contribution is -2.47. The zero-order chi connectivity index (χ0) is 18.1. The number of aliphatic imine (C=N–C) groups is 1. The maximum absolute atomic E-state index is 11.1. The lowest BCUT2D eigenvalue weighted by molar-refractivity contribution is -0.119. The van der Waals surface area contributed by atoms with Gasteiger partial charge in [-0.3, -0.25) is 9.79 Å². The number of carbonyl (C=O) groups excluding carboxylic acids is 1. The molecule has 0 aromatic heterocycles. The fourth-order valence-electron chi connectivity index (χ4n) is 3.09. The third-order valence-corrected chi connectivity index (χ3v) is 4.44. The summed E-state index contributed by atoms with van der Waals surface area (Å²) in [5, 5.41) is 4.04. The molecule has 1 unspecified atom stereocenters. The highest BCUT2D eigenvalue weighted by Crippen LogP contribution is 2.19. The Bertz CT molecular complexity index is 600. The van der Waals surface area contributed by atoms with E-state index in [1.54, 1.807) is 7.05 Å². The van der Waals surface area contributed by atoms with Gasteiger partial charge in [0.2, 0.25) is 5.91 Å². The molecular formula is C18H28ClIN4O2. The van der Waals surface area contributed by atoms with Crippen molar-refractivity contribution in [3.63, 3.8) is 0 Å². The molecular weight excluding hydrogens is 467 g/mol. The van der Waals surface area contributed by atoms with Crippen molar-refractivity contribution in [2.75, 3.05) is 33.3 Å². The molecule has 0 bridgehead atoms. The van der Waals surface area contributed by atoms with E-state index in [-0.39, 0.29) is 29.9 Å². The van der Waals surface area contributed by atoms with Crippen molar-refractivity contribution in [2.24, 2.45) is 16.6 Å². The predicted molar refractivity (Wildman–Crippen MR) is 116 cm³/mol. The lowest BCUT2D eigenvalue weighted by atomic mass is 9.95. The van der Waals surface area contributed by atoms with Crippen molar-refractivity contribution in [1.82, 2.24) is 10.2 Å². The molecule has 1 aliphatic heterocycles. The summed E-state index contributed by atoms with van der Waals surface area (Å²) in [6.07, 6.45) is 2.53. The van der Waals surface area contributed by atoms with Crippen molar-refractivity contribution in [1.29, 1.82) is 0 Å². The highest BCUT2D eigenvalue weighted by atomic mass is 127. The third kappa shape index (κ3) is 8.09. The number of likely N-dealkylation sites (tertiary alicyclic amines) is 1. The molecule has 1 amide bonds. The highest BCUT2D eigenvalue weighted by Gasteiger charge is 2.23. The van der Waals surface area contributed by atoms with E-state index < -0.39 is 0 Å². The summed E-state index contributed by atoms with van der Waals surface area (Å²) in [5.74, 6) is 0.925. The fraction of sp³-hybridized carbons (Fsp3) is 0.556. The van der Waals surface area contributed by atoms with E-state index in [4.69, 9.17) is 22.1 Å². The number of amides is 1. The van der Waals surface area contributed by atoms with Crippen LogP contribution in [0.5, 0.6) is 0 Å². The van der Waals surface area contributed by atoms with Gasteiger partial charge >= 0.3 is 0 Å². The molecule has 1 aromatic rings. The summed E-state index contributed by atoms with van der Waals surface area (Å²) in [7, 11) is 1.77. The Kier molecular flexibility index (Phi) is 10.9. The number of nitrogens with two attached hydrogens (primary N) is 1. The van der Waals surface area contributed by atoms with E-state index in [1.165, 1.54) is 0 Å². The average Bonchev–Trinajstić information content (AvgIpc) is 2.58. The number of guanidine groups is 1. The van der Waals surface area contributed by atoms with Gasteiger partial charge in [0.25, 0.3) is 0 Å². The van der Waals surface area contributed by atoms with E-state index >= 15 is 0 Å². The van der Waals surface area contributed by atoms with Crippen LogP contribution in [0, 0.1) is 5.92 Å². The van der Waals surface area contributed by atoms with Crippen molar-refractivity contribution < 1.29 is 9.53 Å². The van der Waals surface area contributed by atoms with Crippen LogP contribution in [-0.4, -0.2) is 50.1 Å². The fourth-order valence-corrected chi connectivity index (χ4v) is 3.31. The second kappa shape index (κ2) is 12.3. The van der Waals surface area contributed by atoms with Gasteiger partial charge in [0, 0.05) is 38.1 Å². The third-order valence-electron chi connectivity index (χ3n) is 4.21. The van der Waals surface area contributed by atoms with Gasteiger partial charge in [-0.2, -0.15) is 0 Å². The van der Waals surface area contributed by atoms with Gasteiger partial charge in [0.05, 0.1) is 13.2 Å². The van der Waals surface area contributed by atoms with Crippen molar-refractivity contribution in [2.45, 2.75) is 25.9 Å². The Hall–Kier alpha value is -1.06. The first-order valence-corrected chi connectivity index (χ1v) is 9.02. The van der Waals surface area contributed by atoms with Crippen LogP contribution in [0.25, 0.3) is 0 Å². The Morgan fingerprint density at radius 1 is 1.50 bits per heavy atom. The van der Waals surface area contributed by atoms with Crippen LogP contribution in [0.2, 0.25) is 5.02 Å². The summed E-state index contributed by atoms with van der Waals surface area (Å²) in [5.41, 5.74) is 6.38. The van der Waals surface area contributed by atoms with Gasteiger partial charge < -0.3 is 20.7 Å². The number of ether oxygens (including phenoxy) is 1. The van der Waals surface area contributed by atoms with Gasteiger partial charge in [-0.15, -0.1) is 24.0 Å². The monoisotopic (exact) mass is 494 g/mol. The minimum absolute atomic E-state index is 0. The maximum Gasteiger partial charge on any atom is 0.217 e. The quantitative estimate of drug-likeness (QED) is 0.264. The normalized spacial score (nSPS) is 17.5. The van der Waals surface area contributed by atoms with E-state index in [1.807, 2.05) is 24.3 Å². The minimum atomic E-state index is -0.232. The van der Waals surface area contributed by atoms with E-state index in [2.05, 4.69) is 15.2 Å². The zero-order valence-corrected chi connectivity index (χ0v) is 18.2. The second-order valence-corrected chi connectivity index (χ2v) is 6.72. The van der Waals surface area contributed by atoms with Gasteiger partial charge in [-0.1, -0.05) is 23.7 Å². The number of carbonyl (C=O) groups is 1. The van der Waals surface area contributed by atoms with Crippen LogP contribution in [0.15, 0.2) is 29.3 Å². The van der Waals surface area contributed by atoms with Crippen LogP contribution >= 0.6 is 35.6 Å². The number of hydrogen-bond donors (Lipinski definition) is 2. The molecule has 1 fully saturated rings. The molecule has 146 valence electrons. The molecule has 1 saturated heterocycles. The number of hydrogen-bond acceptors (Lipinski definition) is 3. The van der Waals surface area contributed by atoms with Crippen molar-refractivity contribution in [3.8, 4) is 0 Å². The van der Waals surface area contributed by atoms with E-state index in [0.29, 0.717) is 32.1 Å². The molecule has 8 heteroatoms. The lowest BCUT2D eigenvalue weighted by Gasteiger charge is -2.34. The number of rotatable bonds is 7. The van der Waals surface area contributed by atoms with Gasteiger partial charge in [-0.25, -0.2) is 0 Å². The Labute approximate surface area is 177 Å². The van der Waals surface area contributed by atoms with E-state index in [9.17, 15) is 4.79 Å². The Morgan fingerprint density at radius 3 is 3.00 bits per heavy atom. The highest BCUT2D eigenvalue weighted by molar-refractivity contribution is 14.0. The van der Waals surface area contributed by atoms with Crippen LogP contribution < -0.4 is 11.1 Å². The largest absolute Gasteiger partial charge is 0.375 e. The van der Waals surface area contributed by atoms with Crippen LogP contribution in [0.3, 0.4) is 0 Å². The number of nitrogens with one attached hydrogen (secondary N) is 1. The molecule has 0 aliphatic carbocycles. The predicted octanol–water partition coefficient (Wildman–Crippen LogP) is 2.64. The van der Waals surface area contributed by atoms with Gasteiger partial charge in [0.15, 0.2) is 5.96 Å². The van der Waals surface area contributed by atoms with Crippen LogP contribution in [0.1, 0.15) is 24.8 Å². The first kappa shape index (κ1) is 23.0. The summed E-state index contributed by atoms with van der Waals surface area (Å²) in [4.78, 5) is 17.7. The van der Waals surface area contributed by atoms with E-state index in [0.717, 1.165) is 42.5 Å². The molecule has 3 N–H and O–H groups in total. The molecule has 1 heterocycles. The summed E-state index contributed by atoms with van der Waals surface area (Å²) in [6.45, 7) is 3.53. The first-order valence-electron chi connectivity index (χ1n) is 8.64. The molecule has 26 heavy (non-hydrogen) atoms. The van der Waals surface area contributed by atoms with Gasteiger partial charge in [-0.05, 0) is 36.5 Å². The Morgan fingerprint density at radius 2 is 2.31 bits per heavy atom. The van der Waals surface area contributed by atoms with Crippen LogP contribution in [0.4, 0.5) is 0 Å². The van der Waals surface area contributed by atoms with Gasteiger partial charge in [0.1, 0.15) is 0 Å². The minimum Gasteiger partial charge on any atom is -0.375 e. The molecule has 0 spiro atoms.